The standard InChI is InChI=1S/C5H6N2O2/c1-3-5(6)4(2-8)9-7-3/h2H,6H2,1H3. The number of aldehydes is 1. The summed E-state index contributed by atoms with van der Waals surface area (Å²) in [5.74, 6) is 0.104. The summed E-state index contributed by atoms with van der Waals surface area (Å²) >= 11 is 0. The predicted molar refractivity (Wildman–Crippen MR) is 31.0 cm³/mol. The maximum atomic E-state index is 10.0. The minimum Gasteiger partial charge on any atom is -0.394 e. The van der Waals surface area contributed by atoms with Crippen LogP contribution in [-0.2, 0) is 0 Å². The number of anilines is 1. The second kappa shape index (κ2) is 1.89. The Hall–Kier alpha value is -1.32. The van der Waals surface area contributed by atoms with E-state index in [-0.39, 0.29) is 5.76 Å². The summed E-state index contributed by atoms with van der Waals surface area (Å²) in [5, 5.41) is 3.46. The number of hydrogen-bond acceptors (Lipinski definition) is 4. The highest BCUT2D eigenvalue weighted by molar-refractivity contribution is 5.79. The van der Waals surface area contributed by atoms with Gasteiger partial charge in [0.05, 0.1) is 0 Å². The van der Waals surface area contributed by atoms with Gasteiger partial charge in [0.25, 0.3) is 0 Å². The first kappa shape index (κ1) is 5.81. The number of carbonyl (C=O) groups is 1. The van der Waals surface area contributed by atoms with Crippen molar-refractivity contribution >= 4 is 12.0 Å². The third-order valence-electron chi connectivity index (χ3n) is 1.04. The summed E-state index contributed by atoms with van der Waals surface area (Å²) < 4.78 is 4.50. The van der Waals surface area contributed by atoms with E-state index >= 15 is 0 Å². The Morgan fingerprint density at radius 2 is 2.44 bits per heavy atom. The lowest BCUT2D eigenvalue weighted by Gasteiger charge is -1.80. The van der Waals surface area contributed by atoms with Crippen LogP contribution in [0.5, 0.6) is 0 Å². The second-order valence-electron chi connectivity index (χ2n) is 1.66. The molecule has 0 amide bonds. The molecule has 0 saturated heterocycles. The van der Waals surface area contributed by atoms with Crippen molar-refractivity contribution in [2.75, 3.05) is 5.73 Å². The maximum Gasteiger partial charge on any atom is 0.222 e. The molecular weight excluding hydrogens is 120 g/mol. The number of aromatic nitrogens is 1. The lowest BCUT2D eigenvalue weighted by Crippen LogP contribution is -1.88. The van der Waals surface area contributed by atoms with Crippen LogP contribution in [0.3, 0.4) is 0 Å². The summed E-state index contributed by atoms with van der Waals surface area (Å²) in [6.45, 7) is 1.67. The van der Waals surface area contributed by atoms with Crippen LogP contribution >= 0.6 is 0 Å². The van der Waals surface area contributed by atoms with E-state index in [2.05, 4.69) is 9.68 Å². The van der Waals surface area contributed by atoms with Crippen LogP contribution in [0.1, 0.15) is 16.2 Å². The first-order chi connectivity index (χ1) is 4.25. The van der Waals surface area contributed by atoms with Gasteiger partial charge in [-0.05, 0) is 6.92 Å². The van der Waals surface area contributed by atoms with Gasteiger partial charge in [-0.25, -0.2) is 0 Å². The molecule has 0 aliphatic carbocycles. The fraction of sp³-hybridized carbons (Fsp3) is 0.200. The minimum absolute atomic E-state index is 0.104. The molecule has 0 radical (unpaired) electrons. The molecule has 4 heteroatoms. The van der Waals surface area contributed by atoms with Gasteiger partial charge in [0, 0.05) is 0 Å². The molecular formula is C5H6N2O2. The lowest BCUT2D eigenvalue weighted by molar-refractivity contribution is 0.109. The van der Waals surface area contributed by atoms with Crippen LogP contribution in [0.4, 0.5) is 5.69 Å². The average molecular weight is 126 g/mol. The number of aryl methyl sites for hydroxylation is 1. The Morgan fingerprint density at radius 3 is 2.67 bits per heavy atom. The highest BCUT2D eigenvalue weighted by Gasteiger charge is 2.05. The maximum absolute atomic E-state index is 10.0. The topological polar surface area (TPSA) is 69.1 Å². The number of nitrogens with zero attached hydrogens (tertiary/aromatic N) is 1. The molecule has 1 aromatic rings. The molecule has 9 heavy (non-hydrogen) atoms. The van der Waals surface area contributed by atoms with Crippen molar-refractivity contribution in [3.05, 3.63) is 11.5 Å². The van der Waals surface area contributed by atoms with Crippen molar-refractivity contribution in [2.45, 2.75) is 6.92 Å². The monoisotopic (exact) mass is 126 g/mol. The van der Waals surface area contributed by atoms with Crippen LogP contribution in [0.2, 0.25) is 0 Å². The summed E-state index contributed by atoms with van der Waals surface area (Å²) in [7, 11) is 0. The highest BCUT2D eigenvalue weighted by atomic mass is 16.5. The molecule has 0 aliphatic rings. The van der Waals surface area contributed by atoms with Gasteiger partial charge in [0.1, 0.15) is 11.4 Å². The third kappa shape index (κ3) is 0.782. The zero-order valence-electron chi connectivity index (χ0n) is 4.92. The number of nitrogens with two attached hydrogens (primary N) is 1. The Bertz CT molecular complexity index is 229. The summed E-state index contributed by atoms with van der Waals surface area (Å²) in [5.41, 5.74) is 6.20. The van der Waals surface area contributed by atoms with Gasteiger partial charge in [-0.15, -0.1) is 0 Å². The van der Waals surface area contributed by atoms with Gasteiger partial charge in [0.2, 0.25) is 5.76 Å². The van der Waals surface area contributed by atoms with Gasteiger partial charge < -0.3 is 10.3 Å². The van der Waals surface area contributed by atoms with Gasteiger partial charge in [-0.3, -0.25) is 4.79 Å². The fourth-order valence-electron chi connectivity index (χ4n) is 0.479. The molecule has 1 aromatic heterocycles. The summed E-state index contributed by atoms with van der Waals surface area (Å²) in [6.07, 6.45) is 0.537. The van der Waals surface area contributed by atoms with Crippen LogP contribution in [0.25, 0.3) is 0 Å². The van der Waals surface area contributed by atoms with Crippen LogP contribution in [0, 0.1) is 6.92 Å². The number of nitrogen functional groups attached to an aromatic ring is 1. The smallest absolute Gasteiger partial charge is 0.222 e. The van der Waals surface area contributed by atoms with E-state index in [1.165, 1.54) is 0 Å². The van der Waals surface area contributed by atoms with E-state index in [4.69, 9.17) is 5.73 Å². The lowest BCUT2D eigenvalue weighted by atomic mass is 10.3. The Kier molecular flexibility index (Phi) is 1.22. The molecule has 0 aliphatic heterocycles. The van der Waals surface area contributed by atoms with Gasteiger partial charge in [-0.2, -0.15) is 0 Å². The van der Waals surface area contributed by atoms with Crippen molar-refractivity contribution in [1.29, 1.82) is 0 Å². The SMILES string of the molecule is Cc1noc(C=O)c1N. The molecule has 0 bridgehead atoms. The second-order valence-corrected chi connectivity index (χ2v) is 1.66. The molecule has 48 valence electrons. The van der Waals surface area contributed by atoms with Crippen LogP contribution in [0.15, 0.2) is 4.52 Å². The fourth-order valence-corrected chi connectivity index (χ4v) is 0.479. The minimum atomic E-state index is 0.104. The highest BCUT2D eigenvalue weighted by Crippen LogP contribution is 2.11. The number of rotatable bonds is 1. The molecule has 0 saturated carbocycles. The molecule has 0 unspecified atom stereocenters. The van der Waals surface area contributed by atoms with E-state index in [0.29, 0.717) is 17.7 Å². The van der Waals surface area contributed by atoms with Crippen molar-refractivity contribution in [3.8, 4) is 0 Å². The number of carbonyl (C=O) groups excluding carboxylic acids is 1. The summed E-state index contributed by atoms with van der Waals surface area (Å²) in [4.78, 5) is 10.0. The average Bonchev–Trinajstić information content (AvgIpc) is 2.15. The predicted octanol–water partition coefficient (Wildman–Crippen LogP) is 0.378. The Balaban J connectivity index is 3.18. The van der Waals surface area contributed by atoms with E-state index in [0.717, 1.165) is 0 Å². The zero-order chi connectivity index (χ0) is 6.85. The number of hydrogen-bond donors (Lipinski definition) is 1. The molecule has 1 rings (SSSR count). The molecule has 4 nitrogen and oxygen atoms in total. The molecule has 0 aromatic carbocycles. The molecule has 0 atom stereocenters. The Labute approximate surface area is 51.6 Å². The van der Waals surface area contributed by atoms with Gasteiger partial charge in [0.15, 0.2) is 6.29 Å². The molecule has 0 spiro atoms. The van der Waals surface area contributed by atoms with Gasteiger partial charge in [-0.1, -0.05) is 5.16 Å². The third-order valence-corrected chi connectivity index (χ3v) is 1.04. The molecule has 2 N–H and O–H groups in total. The normalized spacial score (nSPS) is 9.44. The van der Waals surface area contributed by atoms with Crippen molar-refractivity contribution in [1.82, 2.24) is 5.16 Å². The van der Waals surface area contributed by atoms with Crippen LogP contribution in [-0.4, -0.2) is 11.4 Å². The first-order valence-electron chi connectivity index (χ1n) is 2.42. The Morgan fingerprint density at radius 1 is 1.78 bits per heavy atom. The van der Waals surface area contributed by atoms with Crippen molar-refractivity contribution in [3.63, 3.8) is 0 Å². The zero-order valence-corrected chi connectivity index (χ0v) is 4.92. The van der Waals surface area contributed by atoms with Gasteiger partial charge >= 0.3 is 0 Å². The van der Waals surface area contributed by atoms with E-state index in [9.17, 15) is 4.79 Å². The largest absolute Gasteiger partial charge is 0.394 e. The molecule has 0 fully saturated rings. The van der Waals surface area contributed by atoms with E-state index in [1.54, 1.807) is 6.92 Å². The summed E-state index contributed by atoms with van der Waals surface area (Å²) in [6, 6.07) is 0. The van der Waals surface area contributed by atoms with E-state index in [1.807, 2.05) is 0 Å². The quantitative estimate of drug-likeness (QED) is 0.552. The molecule has 1 heterocycles. The van der Waals surface area contributed by atoms with Crippen molar-refractivity contribution in [2.24, 2.45) is 0 Å². The van der Waals surface area contributed by atoms with E-state index < -0.39 is 0 Å². The van der Waals surface area contributed by atoms with Crippen molar-refractivity contribution < 1.29 is 9.32 Å². The van der Waals surface area contributed by atoms with Crippen LogP contribution < -0.4 is 5.73 Å². The first-order valence-corrected chi connectivity index (χ1v) is 2.42.